The van der Waals surface area contributed by atoms with Gasteiger partial charge in [-0.1, -0.05) is 17.7 Å². The van der Waals surface area contributed by atoms with Crippen molar-refractivity contribution in [2.75, 3.05) is 17.2 Å². The third-order valence-corrected chi connectivity index (χ3v) is 6.71. The van der Waals surface area contributed by atoms with E-state index in [-0.39, 0.29) is 47.8 Å². The number of amides is 2. The third kappa shape index (κ3) is 5.41. The van der Waals surface area contributed by atoms with Gasteiger partial charge in [0.1, 0.15) is 29.3 Å². The van der Waals surface area contributed by atoms with Crippen LogP contribution >= 0.6 is 11.6 Å². The first kappa shape index (κ1) is 24.0. The Morgan fingerprint density at radius 3 is 2.53 bits per heavy atom. The van der Waals surface area contributed by atoms with Crippen molar-refractivity contribution in [2.24, 2.45) is 0 Å². The maximum absolute atomic E-state index is 13.2. The molecule has 2 aliphatic heterocycles. The Bertz CT molecular complexity index is 1230. The summed E-state index contributed by atoms with van der Waals surface area (Å²) >= 11 is 6.08. The van der Waals surface area contributed by atoms with Gasteiger partial charge >= 0.3 is 0 Å². The van der Waals surface area contributed by atoms with Crippen LogP contribution in [0.3, 0.4) is 0 Å². The summed E-state index contributed by atoms with van der Waals surface area (Å²) in [5.74, 6) is 0.498. The Morgan fingerprint density at radius 1 is 1.08 bits per heavy atom. The predicted octanol–water partition coefficient (Wildman–Crippen LogP) is 4.53. The highest BCUT2D eigenvalue weighted by atomic mass is 35.5. The van der Waals surface area contributed by atoms with Crippen LogP contribution in [-0.2, 0) is 4.79 Å². The Kier molecular flexibility index (Phi) is 6.99. The van der Waals surface area contributed by atoms with Gasteiger partial charge in [-0.15, -0.1) is 0 Å². The van der Waals surface area contributed by atoms with Gasteiger partial charge in [0, 0.05) is 37.3 Å². The molecule has 3 aromatic rings. The van der Waals surface area contributed by atoms with E-state index in [1.165, 1.54) is 24.4 Å². The van der Waals surface area contributed by atoms with Gasteiger partial charge in [-0.25, -0.2) is 14.4 Å². The fourth-order valence-corrected chi connectivity index (χ4v) is 5.12. The molecule has 2 aromatic heterocycles. The van der Waals surface area contributed by atoms with E-state index in [0.717, 1.165) is 25.7 Å². The van der Waals surface area contributed by atoms with E-state index in [9.17, 15) is 14.0 Å². The summed E-state index contributed by atoms with van der Waals surface area (Å²) in [7, 11) is 0. The van der Waals surface area contributed by atoms with E-state index in [4.69, 9.17) is 16.3 Å². The second kappa shape index (κ2) is 10.5. The largest absolute Gasteiger partial charge is 0.490 e. The quantitative estimate of drug-likeness (QED) is 0.485. The van der Waals surface area contributed by atoms with Crippen molar-refractivity contribution in [1.82, 2.24) is 14.9 Å². The fraction of sp³-hybridized carbons (Fsp3) is 0.308. The monoisotopic (exact) mass is 509 g/mol. The number of hydrogen-bond donors (Lipinski definition) is 2. The zero-order valence-electron chi connectivity index (χ0n) is 19.4. The molecule has 2 amide bonds. The molecule has 8 nitrogen and oxygen atoms in total. The first-order valence-electron chi connectivity index (χ1n) is 11.8. The molecular weight excluding hydrogens is 485 g/mol. The number of piperidine rings is 1. The smallest absolute Gasteiger partial charge is 0.260 e. The molecule has 186 valence electrons. The highest BCUT2D eigenvalue weighted by Crippen LogP contribution is 2.37. The van der Waals surface area contributed by atoms with Crippen LogP contribution in [0, 0.1) is 5.82 Å². The summed E-state index contributed by atoms with van der Waals surface area (Å²) in [5, 5.41) is 6.04. The normalized spacial score (nSPS) is 20.6. The molecule has 0 saturated carbocycles. The van der Waals surface area contributed by atoms with E-state index < -0.39 is 5.91 Å². The zero-order valence-corrected chi connectivity index (χ0v) is 20.1. The van der Waals surface area contributed by atoms with Crippen LogP contribution in [0.2, 0.25) is 5.02 Å². The van der Waals surface area contributed by atoms with Crippen LogP contribution in [0.15, 0.2) is 60.9 Å². The molecule has 36 heavy (non-hydrogen) atoms. The number of anilines is 2. The molecule has 2 saturated heterocycles. The maximum Gasteiger partial charge on any atom is 0.260 e. The molecule has 4 heterocycles. The van der Waals surface area contributed by atoms with Crippen LogP contribution in [0.25, 0.3) is 0 Å². The fourth-order valence-electron chi connectivity index (χ4n) is 4.96. The molecule has 1 aromatic carbocycles. The van der Waals surface area contributed by atoms with Gasteiger partial charge in [0.15, 0.2) is 0 Å². The van der Waals surface area contributed by atoms with E-state index in [2.05, 4.69) is 20.6 Å². The lowest BCUT2D eigenvalue weighted by atomic mass is 9.99. The second-order valence-corrected chi connectivity index (χ2v) is 9.36. The van der Waals surface area contributed by atoms with E-state index in [0.29, 0.717) is 16.6 Å². The van der Waals surface area contributed by atoms with Gasteiger partial charge in [-0.2, -0.15) is 0 Å². The topological polar surface area (TPSA) is 96.4 Å². The summed E-state index contributed by atoms with van der Waals surface area (Å²) < 4.78 is 19.2. The molecule has 5 rings (SSSR count). The van der Waals surface area contributed by atoms with E-state index >= 15 is 0 Å². The summed E-state index contributed by atoms with van der Waals surface area (Å²) in [5.41, 5.74) is 0.218. The molecule has 2 aliphatic rings. The minimum Gasteiger partial charge on any atom is -0.490 e. The van der Waals surface area contributed by atoms with Crippen LogP contribution < -0.4 is 15.4 Å². The van der Waals surface area contributed by atoms with Gasteiger partial charge in [0.25, 0.3) is 5.91 Å². The number of hydrogen-bond acceptors (Lipinski definition) is 6. The van der Waals surface area contributed by atoms with Crippen molar-refractivity contribution < 1.29 is 18.7 Å². The zero-order chi connectivity index (χ0) is 25.1. The number of ether oxygens (including phenoxy) is 1. The lowest BCUT2D eigenvalue weighted by molar-refractivity contribution is -0.135. The van der Waals surface area contributed by atoms with Crippen molar-refractivity contribution in [3.63, 3.8) is 0 Å². The predicted molar refractivity (Wildman–Crippen MR) is 134 cm³/mol. The average molecular weight is 510 g/mol. The molecule has 3 atom stereocenters. The molecule has 2 bridgehead atoms. The molecule has 0 aliphatic carbocycles. The molecule has 0 spiro atoms. The van der Waals surface area contributed by atoms with Gasteiger partial charge in [-0.3, -0.25) is 9.59 Å². The molecule has 1 unspecified atom stereocenters. The minimum atomic E-state index is -0.433. The maximum atomic E-state index is 13.2. The average Bonchev–Trinajstić information content (AvgIpc) is 3.15. The second-order valence-electron chi connectivity index (χ2n) is 8.92. The molecule has 0 radical (unpaired) electrons. The summed E-state index contributed by atoms with van der Waals surface area (Å²) in [6.07, 6.45) is 6.24. The standard InChI is InChI=1S/C26H25ClFN5O3/c27-16-11-22(26(35)32-23-3-1-2-10-29-23)25(30-14-16)31-15-24(34)33-18-6-7-19(33)13-21(12-18)36-20-8-4-17(28)5-9-20/h1-5,8-11,14,18-19,21H,6-7,12-13,15H2,(H,30,31)(H,29,32,35)/t18-,19+,21?. The van der Waals surface area contributed by atoms with Crippen molar-refractivity contribution in [1.29, 1.82) is 0 Å². The first-order valence-corrected chi connectivity index (χ1v) is 12.2. The molecule has 10 heteroatoms. The van der Waals surface area contributed by atoms with Crippen LogP contribution in [0.1, 0.15) is 36.0 Å². The van der Waals surface area contributed by atoms with Gasteiger partial charge in [0.2, 0.25) is 5.91 Å². The van der Waals surface area contributed by atoms with Gasteiger partial charge in [-0.05, 0) is 55.3 Å². The number of halogens is 2. The lowest BCUT2D eigenvalue weighted by Gasteiger charge is -2.39. The Labute approximate surface area is 212 Å². The third-order valence-electron chi connectivity index (χ3n) is 6.51. The summed E-state index contributed by atoms with van der Waals surface area (Å²) in [4.78, 5) is 36.3. The highest BCUT2D eigenvalue weighted by Gasteiger charge is 2.43. The Balaban J connectivity index is 1.21. The van der Waals surface area contributed by atoms with Crippen molar-refractivity contribution in [2.45, 2.75) is 43.9 Å². The van der Waals surface area contributed by atoms with Crippen molar-refractivity contribution in [3.05, 3.63) is 77.3 Å². The van der Waals surface area contributed by atoms with Crippen molar-refractivity contribution >= 4 is 35.1 Å². The Hall–Kier alpha value is -3.72. The minimum absolute atomic E-state index is 0.00497. The number of carbonyl (C=O) groups is 2. The number of nitrogens with one attached hydrogen (secondary N) is 2. The summed E-state index contributed by atoms with van der Waals surface area (Å²) in [6, 6.07) is 12.8. The molecule has 2 N–H and O–H groups in total. The number of benzene rings is 1. The van der Waals surface area contributed by atoms with Gasteiger partial charge in [0.05, 0.1) is 17.1 Å². The number of aromatic nitrogens is 2. The number of pyridine rings is 2. The lowest BCUT2D eigenvalue weighted by Crippen LogP contribution is -2.51. The molecule has 2 fully saturated rings. The number of carbonyl (C=O) groups excluding carboxylic acids is 2. The first-order chi connectivity index (χ1) is 17.5. The SMILES string of the molecule is O=C(Nc1ccccn1)c1cc(Cl)cnc1NCC(=O)N1[C@@H]2CC[C@H]1CC(Oc1ccc(F)cc1)C2. The van der Waals surface area contributed by atoms with Crippen LogP contribution in [0.5, 0.6) is 5.75 Å². The van der Waals surface area contributed by atoms with Crippen LogP contribution in [0.4, 0.5) is 16.0 Å². The van der Waals surface area contributed by atoms with E-state index in [1.54, 1.807) is 36.5 Å². The molecular formula is C26H25ClFN5O3. The Morgan fingerprint density at radius 2 is 1.83 bits per heavy atom. The highest BCUT2D eigenvalue weighted by molar-refractivity contribution is 6.31. The van der Waals surface area contributed by atoms with Crippen LogP contribution in [-0.4, -0.2) is 51.4 Å². The van der Waals surface area contributed by atoms with Gasteiger partial charge < -0.3 is 20.3 Å². The van der Waals surface area contributed by atoms with Crippen molar-refractivity contribution in [3.8, 4) is 5.75 Å². The number of rotatable bonds is 7. The summed E-state index contributed by atoms with van der Waals surface area (Å²) in [6.45, 7) is -0.00497. The number of fused-ring (bicyclic) bond motifs is 2. The number of nitrogens with zero attached hydrogens (tertiary/aromatic N) is 3. The van der Waals surface area contributed by atoms with E-state index in [1.807, 2.05) is 4.90 Å².